The van der Waals surface area contributed by atoms with Gasteiger partial charge < -0.3 is 9.67 Å². The topological polar surface area (TPSA) is 59.3 Å². The number of aromatic nitrogens is 1. The lowest BCUT2D eigenvalue weighted by molar-refractivity contribution is -0.136. The molecule has 1 fully saturated rings. The molecule has 3 rings (SSSR count). The summed E-state index contributed by atoms with van der Waals surface area (Å²) in [7, 11) is 0. The van der Waals surface area contributed by atoms with Crippen LogP contribution in [0, 0.1) is 18.6 Å². The van der Waals surface area contributed by atoms with Gasteiger partial charge in [-0.05, 0) is 32.3 Å². The Bertz CT molecular complexity index is 838. The van der Waals surface area contributed by atoms with Gasteiger partial charge in [-0.1, -0.05) is 0 Å². The molecule has 1 aromatic carbocycles. The third-order valence-corrected chi connectivity index (χ3v) is 4.12. The standard InChI is InChI=1S/C16H15F2NO3/c1-8-10(4-5-15(20)21)16(22)11-6-12(17)13(18)7-14(11)19(8)9-2-3-9/h6-7,9H,2-5H2,1H3,(H,20,21). The van der Waals surface area contributed by atoms with Gasteiger partial charge in [-0.15, -0.1) is 0 Å². The van der Waals surface area contributed by atoms with E-state index in [0.717, 1.165) is 25.0 Å². The van der Waals surface area contributed by atoms with Crippen LogP contribution in [0.1, 0.15) is 36.6 Å². The van der Waals surface area contributed by atoms with Gasteiger partial charge in [0.05, 0.1) is 5.52 Å². The molecule has 1 N–H and O–H groups in total. The Hall–Kier alpha value is -2.24. The first-order valence-corrected chi connectivity index (χ1v) is 7.14. The predicted molar refractivity (Wildman–Crippen MR) is 77.1 cm³/mol. The van der Waals surface area contributed by atoms with Crippen LogP contribution in [-0.4, -0.2) is 15.6 Å². The lowest BCUT2D eigenvalue weighted by Crippen LogP contribution is -2.20. The maximum atomic E-state index is 13.6. The Morgan fingerprint density at radius 1 is 1.32 bits per heavy atom. The van der Waals surface area contributed by atoms with Crippen LogP contribution in [0.3, 0.4) is 0 Å². The zero-order valence-corrected chi connectivity index (χ0v) is 12.0. The molecule has 0 radical (unpaired) electrons. The van der Waals surface area contributed by atoms with Crippen molar-refractivity contribution < 1.29 is 18.7 Å². The number of hydrogen-bond acceptors (Lipinski definition) is 2. The van der Waals surface area contributed by atoms with E-state index < -0.39 is 23.0 Å². The smallest absolute Gasteiger partial charge is 0.303 e. The largest absolute Gasteiger partial charge is 0.481 e. The number of nitrogens with zero attached hydrogens (tertiary/aromatic N) is 1. The second-order valence-electron chi connectivity index (χ2n) is 5.67. The Morgan fingerprint density at radius 2 is 1.95 bits per heavy atom. The van der Waals surface area contributed by atoms with Crippen LogP contribution in [0.25, 0.3) is 10.9 Å². The highest BCUT2D eigenvalue weighted by Crippen LogP contribution is 2.38. The minimum Gasteiger partial charge on any atom is -0.481 e. The summed E-state index contributed by atoms with van der Waals surface area (Å²) in [4.78, 5) is 23.3. The SMILES string of the molecule is Cc1c(CCC(=O)O)c(=O)c2cc(F)c(F)cc2n1C1CC1. The number of rotatable bonds is 4. The Labute approximate surface area is 125 Å². The van der Waals surface area contributed by atoms with E-state index in [1.807, 2.05) is 4.57 Å². The van der Waals surface area contributed by atoms with Gasteiger partial charge >= 0.3 is 5.97 Å². The highest BCUT2D eigenvalue weighted by molar-refractivity contribution is 5.81. The number of carboxylic acids is 1. The fourth-order valence-corrected chi connectivity index (χ4v) is 2.90. The van der Waals surface area contributed by atoms with Crippen molar-refractivity contribution in [3.05, 3.63) is 45.2 Å². The van der Waals surface area contributed by atoms with E-state index >= 15 is 0 Å². The molecule has 2 aromatic rings. The van der Waals surface area contributed by atoms with Gasteiger partial charge in [0.25, 0.3) is 0 Å². The molecule has 0 unspecified atom stereocenters. The maximum absolute atomic E-state index is 13.6. The summed E-state index contributed by atoms with van der Waals surface area (Å²) in [5, 5.41) is 8.93. The van der Waals surface area contributed by atoms with Crippen LogP contribution < -0.4 is 5.43 Å². The van der Waals surface area contributed by atoms with Crippen molar-refractivity contribution in [2.75, 3.05) is 0 Å². The predicted octanol–water partition coefficient (Wildman–Crippen LogP) is 2.94. The van der Waals surface area contributed by atoms with E-state index in [4.69, 9.17) is 5.11 Å². The maximum Gasteiger partial charge on any atom is 0.303 e. The molecule has 0 atom stereocenters. The van der Waals surface area contributed by atoms with Crippen molar-refractivity contribution >= 4 is 16.9 Å². The minimum absolute atomic E-state index is 0.0850. The third-order valence-electron chi connectivity index (χ3n) is 4.12. The lowest BCUT2D eigenvalue weighted by Gasteiger charge is -2.18. The summed E-state index contributed by atoms with van der Waals surface area (Å²) in [6, 6.07) is 2.13. The van der Waals surface area contributed by atoms with Crippen molar-refractivity contribution in [1.82, 2.24) is 4.57 Å². The lowest BCUT2D eigenvalue weighted by atomic mass is 10.0. The van der Waals surface area contributed by atoms with Crippen LogP contribution in [-0.2, 0) is 11.2 Å². The zero-order valence-electron chi connectivity index (χ0n) is 12.0. The molecule has 0 spiro atoms. The molecule has 0 amide bonds. The molecule has 1 aromatic heterocycles. The van der Waals surface area contributed by atoms with Gasteiger partial charge in [0.1, 0.15) is 0 Å². The third kappa shape index (κ3) is 2.38. The van der Waals surface area contributed by atoms with Crippen molar-refractivity contribution in [2.45, 2.75) is 38.6 Å². The van der Waals surface area contributed by atoms with Gasteiger partial charge in [0.15, 0.2) is 17.1 Å². The first-order valence-electron chi connectivity index (χ1n) is 7.14. The summed E-state index contributed by atoms with van der Waals surface area (Å²) in [6.07, 6.45) is 1.74. The van der Waals surface area contributed by atoms with Gasteiger partial charge in [-0.3, -0.25) is 9.59 Å². The number of carbonyl (C=O) groups is 1. The van der Waals surface area contributed by atoms with Gasteiger partial charge in [0, 0.05) is 35.2 Å². The van der Waals surface area contributed by atoms with Crippen LogP contribution in [0.2, 0.25) is 0 Å². The molecule has 1 heterocycles. The summed E-state index contributed by atoms with van der Waals surface area (Å²) in [6.45, 7) is 1.73. The zero-order chi connectivity index (χ0) is 16.0. The molecular formula is C16H15F2NO3. The summed E-state index contributed by atoms with van der Waals surface area (Å²) >= 11 is 0. The average molecular weight is 307 g/mol. The van der Waals surface area contributed by atoms with Gasteiger partial charge in [0.2, 0.25) is 0 Å². The van der Waals surface area contributed by atoms with Crippen molar-refractivity contribution in [1.29, 1.82) is 0 Å². The Morgan fingerprint density at radius 3 is 2.55 bits per heavy atom. The van der Waals surface area contributed by atoms with E-state index in [9.17, 15) is 18.4 Å². The molecule has 6 heteroatoms. The van der Waals surface area contributed by atoms with Gasteiger partial charge in [-0.2, -0.15) is 0 Å². The van der Waals surface area contributed by atoms with Crippen LogP contribution in [0.4, 0.5) is 8.78 Å². The molecule has 1 aliphatic carbocycles. The fraction of sp³-hybridized carbons (Fsp3) is 0.375. The monoisotopic (exact) mass is 307 g/mol. The fourth-order valence-electron chi connectivity index (χ4n) is 2.90. The van der Waals surface area contributed by atoms with Crippen molar-refractivity contribution in [3.8, 4) is 0 Å². The van der Waals surface area contributed by atoms with Crippen LogP contribution >= 0.6 is 0 Å². The number of benzene rings is 1. The van der Waals surface area contributed by atoms with Crippen LogP contribution in [0.5, 0.6) is 0 Å². The molecule has 0 bridgehead atoms. The molecule has 4 nitrogen and oxygen atoms in total. The summed E-state index contributed by atoms with van der Waals surface area (Å²) in [5.74, 6) is -3.05. The number of hydrogen-bond donors (Lipinski definition) is 1. The molecule has 1 aliphatic rings. The minimum atomic E-state index is -1.07. The molecule has 116 valence electrons. The van der Waals surface area contributed by atoms with E-state index in [0.29, 0.717) is 16.8 Å². The Balaban J connectivity index is 2.30. The molecular weight excluding hydrogens is 292 g/mol. The number of carboxylic acid groups (broad SMARTS) is 1. The van der Waals surface area contributed by atoms with Gasteiger partial charge in [-0.25, -0.2) is 8.78 Å². The first-order chi connectivity index (χ1) is 10.4. The van der Waals surface area contributed by atoms with E-state index in [1.165, 1.54) is 0 Å². The summed E-state index contributed by atoms with van der Waals surface area (Å²) in [5.41, 5.74) is 0.979. The average Bonchev–Trinajstić information content (AvgIpc) is 3.26. The van der Waals surface area contributed by atoms with Crippen LogP contribution in [0.15, 0.2) is 16.9 Å². The number of halogens is 2. The summed E-state index contributed by atoms with van der Waals surface area (Å²) < 4.78 is 28.9. The number of aliphatic carboxylic acids is 1. The normalized spacial score (nSPS) is 14.5. The Kier molecular flexibility index (Phi) is 3.47. The van der Waals surface area contributed by atoms with E-state index in [1.54, 1.807) is 6.92 Å². The van der Waals surface area contributed by atoms with E-state index in [2.05, 4.69) is 0 Å². The van der Waals surface area contributed by atoms with Crippen molar-refractivity contribution in [2.24, 2.45) is 0 Å². The highest BCUT2D eigenvalue weighted by Gasteiger charge is 2.28. The molecule has 1 saturated carbocycles. The second kappa shape index (κ2) is 5.19. The molecule has 22 heavy (non-hydrogen) atoms. The van der Waals surface area contributed by atoms with E-state index in [-0.39, 0.29) is 24.3 Å². The molecule has 0 aliphatic heterocycles. The van der Waals surface area contributed by atoms with Crippen molar-refractivity contribution in [3.63, 3.8) is 0 Å². The second-order valence-corrected chi connectivity index (χ2v) is 5.67. The number of pyridine rings is 1. The highest BCUT2D eigenvalue weighted by atomic mass is 19.2. The first kappa shape index (κ1) is 14.7. The quantitative estimate of drug-likeness (QED) is 0.944. The number of fused-ring (bicyclic) bond motifs is 1. The molecule has 0 saturated heterocycles.